The molecule has 27 heavy (non-hydrogen) atoms. The van der Waals surface area contributed by atoms with E-state index in [9.17, 15) is 0 Å². The van der Waals surface area contributed by atoms with Crippen molar-refractivity contribution in [1.29, 1.82) is 0 Å². The van der Waals surface area contributed by atoms with Crippen molar-refractivity contribution >= 4 is 18.6 Å². The number of hydrogen-bond acceptors (Lipinski definition) is 4. The Morgan fingerprint density at radius 3 is 1.37 bits per heavy atom. The average molecular weight is 413 g/mol. The fraction of sp³-hybridized carbons (Fsp3) is 0.905. The zero-order chi connectivity index (χ0) is 20.3. The summed E-state index contributed by atoms with van der Waals surface area (Å²) in [6, 6.07) is 0. The molecular formula is C21H48N4Si2. The number of rotatable bonds is 9. The predicted molar refractivity (Wildman–Crippen MR) is 128 cm³/mol. The van der Waals surface area contributed by atoms with Crippen LogP contribution in [0.4, 0.5) is 0 Å². The predicted octanol–water partition coefficient (Wildman–Crippen LogP) is 2.76. The van der Waals surface area contributed by atoms with Gasteiger partial charge in [-0.2, -0.15) is 0 Å². The Kier molecular flexibility index (Phi) is 12.3. The Morgan fingerprint density at radius 1 is 0.778 bits per heavy atom. The van der Waals surface area contributed by atoms with Gasteiger partial charge >= 0.3 is 0 Å². The molecule has 4 nitrogen and oxygen atoms in total. The van der Waals surface area contributed by atoms with Crippen molar-refractivity contribution in [3.8, 4) is 0 Å². The summed E-state index contributed by atoms with van der Waals surface area (Å²) in [5.74, 6) is 0. The first-order valence-corrected chi connectivity index (χ1v) is 15.6. The van der Waals surface area contributed by atoms with Crippen LogP contribution in [0, 0.1) is 0 Å². The molecule has 160 valence electrons. The van der Waals surface area contributed by atoms with Crippen LogP contribution in [-0.4, -0.2) is 96.1 Å². The van der Waals surface area contributed by atoms with Gasteiger partial charge in [0.15, 0.2) is 8.40 Å². The molecule has 0 aromatic carbocycles. The van der Waals surface area contributed by atoms with Gasteiger partial charge in [0, 0.05) is 10.2 Å². The molecule has 0 saturated carbocycles. The normalized spacial score (nSPS) is 19.7. The fourth-order valence-corrected chi connectivity index (χ4v) is 8.14. The van der Waals surface area contributed by atoms with Crippen LogP contribution in [-0.2, 0) is 0 Å². The molecule has 0 N–H and O–H groups in total. The van der Waals surface area contributed by atoms with E-state index in [-0.39, 0.29) is 0 Å². The summed E-state index contributed by atoms with van der Waals surface area (Å²) >= 11 is 0. The molecule has 0 radical (unpaired) electrons. The summed E-state index contributed by atoms with van der Waals surface area (Å²) in [5, 5.41) is 0. The highest BCUT2D eigenvalue weighted by Gasteiger charge is 2.38. The van der Waals surface area contributed by atoms with Crippen molar-refractivity contribution < 1.29 is 0 Å². The Balaban J connectivity index is 0.000000270. The molecule has 0 atom stereocenters. The number of hydrogen-bond donors (Lipinski definition) is 0. The lowest BCUT2D eigenvalue weighted by atomic mass is 10.3. The molecule has 0 spiro atoms. The van der Waals surface area contributed by atoms with Gasteiger partial charge in [-0.25, -0.2) is 0 Å². The maximum atomic E-state index is 2.79. The maximum Gasteiger partial charge on any atom is 0.200 e. The summed E-state index contributed by atoms with van der Waals surface area (Å²) in [4.78, 5) is 5.00. The smallest absolute Gasteiger partial charge is 0.200 e. The molecule has 2 rings (SSSR count). The third kappa shape index (κ3) is 7.40. The molecule has 0 aliphatic carbocycles. The lowest BCUT2D eigenvalue weighted by Crippen LogP contribution is -2.59. The lowest BCUT2D eigenvalue weighted by Gasteiger charge is -2.40. The van der Waals surface area contributed by atoms with Crippen LogP contribution >= 0.6 is 0 Å². The van der Waals surface area contributed by atoms with Crippen molar-refractivity contribution in [2.75, 3.05) is 52.4 Å². The summed E-state index contributed by atoms with van der Waals surface area (Å²) in [6.45, 7) is 24.0. The zero-order valence-corrected chi connectivity index (χ0v) is 22.5. The van der Waals surface area contributed by atoms with E-state index in [4.69, 9.17) is 0 Å². The van der Waals surface area contributed by atoms with Gasteiger partial charge in [0.25, 0.3) is 0 Å². The lowest BCUT2D eigenvalue weighted by molar-refractivity contribution is 0.0928. The van der Waals surface area contributed by atoms with E-state index >= 15 is 0 Å². The third-order valence-corrected chi connectivity index (χ3v) is 10.9. The standard InChI is InChI=1S/C11H26N2Si.C10H22N2Si/c1-5-12(6-2)11(9-10-14)13(7-3)8-4;1-13(2,11-7-3-4-8-11)12-9-5-6-10-12/h9-11H,5-8H2,1-4,14H3;3-10H2,1-2H3. The van der Waals surface area contributed by atoms with Crippen molar-refractivity contribution in [2.45, 2.75) is 72.6 Å². The van der Waals surface area contributed by atoms with Crippen LogP contribution in [0.5, 0.6) is 0 Å². The highest BCUT2D eigenvalue weighted by atomic mass is 28.3. The molecule has 2 saturated heterocycles. The van der Waals surface area contributed by atoms with E-state index in [2.05, 4.69) is 71.5 Å². The van der Waals surface area contributed by atoms with E-state index in [1.54, 1.807) is 0 Å². The number of likely N-dealkylation sites (N-methyl/N-ethyl adjacent to an activating group) is 2. The maximum absolute atomic E-state index is 2.79. The molecule has 6 heteroatoms. The van der Waals surface area contributed by atoms with Gasteiger partial charge in [0.2, 0.25) is 0 Å². The van der Waals surface area contributed by atoms with Crippen molar-refractivity contribution in [3.05, 3.63) is 11.8 Å². The highest BCUT2D eigenvalue weighted by molar-refractivity contribution is 6.72. The van der Waals surface area contributed by atoms with Gasteiger partial charge in [-0.1, -0.05) is 33.8 Å². The van der Waals surface area contributed by atoms with Crippen molar-refractivity contribution in [1.82, 2.24) is 18.9 Å². The fourth-order valence-electron chi connectivity index (χ4n) is 4.57. The van der Waals surface area contributed by atoms with E-state index in [0.29, 0.717) is 6.17 Å². The largest absolute Gasteiger partial charge is 0.312 e. The Labute approximate surface area is 174 Å². The SMILES string of the molecule is CCN(CC)C(C=C[SiH3])N(CC)CC.C[Si](C)(N1CCCC1)N1CCCC1. The number of nitrogens with zero attached hydrogens (tertiary/aromatic N) is 4. The highest BCUT2D eigenvalue weighted by Crippen LogP contribution is 2.24. The summed E-state index contributed by atoms with van der Waals surface area (Å²) in [5.41, 5.74) is 2.29. The Morgan fingerprint density at radius 2 is 1.11 bits per heavy atom. The van der Waals surface area contributed by atoms with Gasteiger partial charge in [0.05, 0.1) is 6.17 Å². The second-order valence-corrected chi connectivity index (χ2v) is 13.2. The second-order valence-electron chi connectivity index (χ2n) is 8.26. The van der Waals surface area contributed by atoms with Crippen LogP contribution in [0.15, 0.2) is 11.8 Å². The Bertz CT molecular complexity index is 367. The van der Waals surface area contributed by atoms with E-state index in [0.717, 1.165) is 36.4 Å². The van der Waals surface area contributed by atoms with Crippen molar-refractivity contribution in [2.24, 2.45) is 0 Å². The van der Waals surface area contributed by atoms with Gasteiger partial charge in [-0.3, -0.25) is 9.80 Å². The molecular weight excluding hydrogens is 364 g/mol. The van der Waals surface area contributed by atoms with Crippen LogP contribution in [0.3, 0.4) is 0 Å². The second kappa shape index (κ2) is 13.3. The third-order valence-electron chi connectivity index (χ3n) is 6.50. The molecule has 2 fully saturated rings. The first kappa shape index (κ1) is 25.1. The van der Waals surface area contributed by atoms with E-state index in [1.165, 1.54) is 51.9 Å². The minimum Gasteiger partial charge on any atom is -0.312 e. The Hall–Kier alpha value is 0.0138. The average Bonchev–Trinajstić information content (AvgIpc) is 3.38. The van der Waals surface area contributed by atoms with Gasteiger partial charge < -0.3 is 9.13 Å². The monoisotopic (exact) mass is 412 g/mol. The minimum absolute atomic E-state index is 0.512. The first-order chi connectivity index (χ1) is 13.0. The quantitative estimate of drug-likeness (QED) is 0.426. The van der Waals surface area contributed by atoms with Crippen LogP contribution in [0.1, 0.15) is 53.4 Å². The summed E-state index contributed by atoms with van der Waals surface area (Å²) in [6.07, 6.45) is 8.60. The zero-order valence-electron chi connectivity index (χ0n) is 19.5. The van der Waals surface area contributed by atoms with E-state index < -0.39 is 8.40 Å². The van der Waals surface area contributed by atoms with Gasteiger partial charge in [-0.05, 0) is 91.1 Å². The van der Waals surface area contributed by atoms with E-state index in [1.807, 2.05) is 0 Å². The molecule has 0 unspecified atom stereocenters. The molecule has 2 heterocycles. The first-order valence-electron chi connectivity index (χ1n) is 11.6. The molecule has 2 aliphatic heterocycles. The van der Waals surface area contributed by atoms with Crippen LogP contribution in [0.25, 0.3) is 0 Å². The van der Waals surface area contributed by atoms with Gasteiger partial charge in [-0.15, -0.1) is 5.70 Å². The molecule has 0 amide bonds. The van der Waals surface area contributed by atoms with Gasteiger partial charge in [0.1, 0.15) is 0 Å². The summed E-state index contributed by atoms with van der Waals surface area (Å²) < 4.78 is 5.58. The van der Waals surface area contributed by atoms with Crippen LogP contribution in [0.2, 0.25) is 13.1 Å². The topological polar surface area (TPSA) is 13.0 Å². The molecule has 0 aromatic heterocycles. The summed E-state index contributed by atoms with van der Waals surface area (Å²) in [7, 11) is -0.0157. The van der Waals surface area contributed by atoms with Crippen LogP contribution < -0.4 is 0 Å². The molecule has 2 aliphatic rings. The van der Waals surface area contributed by atoms with Crippen molar-refractivity contribution in [3.63, 3.8) is 0 Å². The molecule has 0 bridgehead atoms. The molecule has 0 aromatic rings. The minimum atomic E-state index is -1.17.